The van der Waals surface area contributed by atoms with Crippen LogP contribution in [0.15, 0.2) is 0 Å². The van der Waals surface area contributed by atoms with Crippen LogP contribution in [-0.2, 0) is 4.79 Å². The normalized spacial score (nSPS) is 10.5. The Hall–Kier alpha value is -0.570. The van der Waals surface area contributed by atoms with Gasteiger partial charge in [0.15, 0.2) is 0 Å². The third kappa shape index (κ3) is 9.73. The van der Waals surface area contributed by atoms with E-state index >= 15 is 0 Å². The van der Waals surface area contributed by atoms with E-state index in [1.807, 2.05) is 0 Å². The number of hydrogen-bond acceptors (Lipinski definition) is 2. The van der Waals surface area contributed by atoms with Crippen molar-refractivity contribution in [2.24, 2.45) is 0 Å². The number of aliphatic carboxylic acids is 1. The maximum Gasteiger partial charge on any atom is 0.0786 e. The summed E-state index contributed by atoms with van der Waals surface area (Å²) in [6.07, 6.45) is 2.72. The first-order valence-electron chi connectivity index (χ1n) is 6.00. The van der Waals surface area contributed by atoms with Crippen molar-refractivity contribution in [3.05, 3.63) is 0 Å². The maximum absolute atomic E-state index is 8.89. The van der Waals surface area contributed by atoms with E-state index in [0.29, 0.717) is 0 Å². The highest BCUT2D eigenvalue weighted by molar-refractivity contribution is 5.60. The predicted octanol–water partition coefficient (Wildman–Crippen LogP) is 1.42. The number of carbonyl (C=O) groups is 1. The molecule has 0 bridgehead atoms. The molecule has 0 spiro atoms. The Morgan fingerprint density at radius 2 is 1.40 bits per heavy atom. The highest BCUT2D eigenvalue weighted by Gasteiger charge is 2.18. The van der Waals surface area contributed by atoms with Gasteiger partial charge in [-0.3, -0.25) is 0 Å². The average molecular weight is 217 g/mol. The summed E-state index contributed by atoms with van der Waals surface area (Å²) in [5.74, 6) is -1.08. The molecule has 15 heavy (non-hydrogen) atoms. The molecule has 0 fully saturated rings. The van der Waals surface area contributed by atoms with Gasteiger partial charge >= 0.3 is 0 Å². The summed E-state index contributed by atoms with van der Waals surface area (Å²) < 4.78 is 1.31. The Balaban J connectivity index is 0. The van der Waals surface area contributed by atoms with Crippen LogP contribution in [-0.4, -0.2) is 36.6 Å². The molecule has 0 N–H and O–H groups in total. The van der Waals surface area contributed by atoms with Crippen LogP contribution in [0.5, 0.6) is 0 Å². The minimum absolute atomic E-state index is 0.972. The molecule has 3 nitrogen and oxygen atoms in total. The second kappa shape index (κ2) is 9.97. The molecule has 0 saturated carbocycles. The molecular weight excluding hydrogens is 190 g/mol. The fourth-order valence-electron chi connectivity index (χ4n) is 1.64. The highest BCUT2D eigenvalue weighted by atomic mass is 16.4. The van der Waals surface area contributed by atoms with Gasteiger partial charge in [0.25, 0.3) is 0 Å². The van der Waals surface area contributed by atoms with E-state index < -0.39 is 5.97 Å². The maximum atomic E-state index is 8.89. The van der Waals surface area contributed by atoms with Crippen LogP contribution in [0.1, 0.15) is 47.5 Å². The second-order valence-electron chi connectivity index (χ2n) is 3.86. The van der Waals surface area contributed by atoms with Crippen LogP contribution in [0.3, 0.4) is 0 Å². The number of nitrogens with zero attached hydrogens (tertiary/aromatic N) is 1. The van der Waals surface area contributed by atoms with Crippen molar-refractivity contribution in [2.75, 3.05) is 26.2 Å². The van der Waals surface area contributed by atoms with Crippen molar-refractivity contribution in [2.45, 2.75) is 47.5 Å². The van der Waals surface area contributed by atoms with E-state index in [4.69, 9.17) is 9.90 Å². The molecular formula is C12H27NO2. The molecule has 0 heterocycles. The van der Waals surface area contributed by atoms with Gasteiger partial charge in [0.05, 0.1) is 26.2 Å². The highest BCUT2D eigenvalue weighted by Crippen LogP contribution is 2.07. The minimum atomic E-state index is -1.08. The van der Waals surface area contributed by atoms with Crippen molar-refractivity contribution in [3.8, 4) is 0 Å². The third-order valence-electron chi connectivity index (χ3n) is 3.00. The second-order valence-corrected chi connectivity index (χ2v) is 3.86. The SMILES string of the molecule is CC(=O)[O-].CCCC[N+](CC)(CC)CC. The van der Waals surface area contributed by atoms with Gasteiger partial charge in [-0.1, -0.05) is 13.3 Å². The molecule has 0 aliphatic rings. The van der Waals surface area contributed by atoms with Gasteiger partial charge in [0.1, 0.15) is 0 Å². The summed E-state index contributed by atoms with van der Waals surface area (Å²) >= 11 is 0. The van der Waals surface area contributed by atoms with Gasteiger partial charge in [-0.15, -0.1) is 0 Å². The molecule has 0 aliphatic heterocycles. The van der Waals surface area contributed by atoms with Gasteiger partial charge in [-0.2, -0.15) is 0 Å². The molecule has 0 unspecified atom stereocenters. The topological polar surface area (TPSA) is 40.1 Å². The Morgan fingerprint density at radius 3 is 1.60 bits per heavy atom. The summed E-state index contributed by atoms with van der Waals surface area (Å²) in [7, 11) is 0. The molecule has 0 saturated heterocycles. The van der Waals surface area contributed by atoms with Crippen molar-refractivity contribution in [1.29, 1.82) is 0 Å². The van der Waals surface area contributed by atoms with Crippen LogP contribution in [0.4, 0.5) is 0 Å². The van der Waals surface area contributed by atoms with Gasteiger partial charge < -0.3 is 14.4 Å². The monoisotopic (exact) mass is 217 g/mol. The molecule has 92 valence electrons. The molecule has 0 aromatic carbocycles. The predicted molar refractivity (Wildman–Crippen MR) is 62.3 cm³/mol. The number of carbonyl (C=O) groups excluding carboxylic acids is 1. The van der Waals surface area contributed by atoms with Crippen molar-refractivity contribution in [3.63, 3.8) is 0 Å². The van der Waals surface area contributed by atoms with Gasteiger partial charge in [0, 0.05) is 5.97 Å². The number of quaternary nitrogens is 1. The van der Waals surface area contributed by atoms with Gasteiger partial charge in [-0.25, -0.2) is 0 Å². The van der Waals surface area contributed by atoms with Crippen molar-refractivity contribution >= 4 is 5.97 Å². The number of carboxylic acids is 1. The van der Waals surface area contributed by atoms with Crippen LogP contribution in [0, 0.1) is 0 Å². The number of hydrogen-bond donors (Lipinski definition) is 0. The lowest BCUT2D eigenvalue weighted by Gasteiger charge is -2.35. The number of carboxylic acid groups (broad SMARTS) is 1. The van der Waals surface area contributed by atoms with E-state index in [-0.39, 0.29) is 0 Å². The fourth-order valence-corrected chi connectivity index (χ4v) is 1.64. The molecule has 3 heteroatoms. The van der Waals surface area contributed by atoms with Gasteiger partial charge in [-0.05, 0) is 34.1 Å². The molecule has 0 rings (SSSR count). The summed E-state index contributed by atoms with van der Waals surface area (Å²) in [6.45, 7) is 15.4. The Morgan fingerprint density at radius 1 is 1.07 bits per heavy atom. The van der Waals surface area contributed by atoms with E-state index in [2.05, 4.69) is 27.7 Å². The zero-order valence-electron chi connectivity index (χ0n) is 11.0. The van der Waals surface area contributed by atoms with Crippen LogP contribution in [0.2, 0.25) is 0 Å². The summed E-state index contributed by atoms with van der Waals surface area (Å²) in [6, 6.07) is 0. The first kappa shape index (κ1) is 16.8. The smallest absolute Gasteiger partial charge is 0.0786 e. The zero-order chi connectivity index (χ0) is 12.3. The first-order valence-corrected chi connectivity index (χ1v) is 6.00. The Bertz CT molecular complexity index is 141. The van der Waals surface area contributed by atoms with Crippen LogP contribution < -0.4 is 5.11 Å². The van der Waals surface area contributed by atoms with E-state index in [1.165, 1.54) is 43.5 Å². The lowest BCUT2D eigenvalue weighted by molar-refractivity contribution is -0.923. The van der Waals surface area contributed by atoms with Crippen molar-refractivity contribution in [1.82, 2.24) is 0 Å². The molecule has 0 atom stereocenters. The average Bonchev–Trinajstić information content (AvgIpc) is 2.20. The van der Waals surface area contributed by atoms with E-state index in [1.54, 1.807) is 0 Å². The summed E-state index contributed by atoms with van der Waals surface area (Å²) in [5.41, 5.74) is 0. The molecule has 0 radical (unpaired) electrons. The van der Waals surface area contributed by atoms with E-state index in [9.17, 15) is 0 Å². The Labute approximate surface area is 94.7 Å². The lowest BCUT2D eigenvalue weighted by atomic mass is 10.2. The Kier molecular flexibility index (Phi) is 11.2. The quantitative estimate of drug-likeness (QED) is 0.631. The first-order chi connectivity index (χ1) is 6.97. The molecule has 0 amide bonds. The standard InChI is InChI=1S/C10H24N.C2H4O2/c1-5-9-10-11(6-2,7-3)8-4;1-2(3)4/h5-10H2,1-4H3;1H3,(H,3,4)/q+1;/p-1. The van der Waals surface area contributed by atoms with Crippen molar-refractivity contribution < 1.29 is 14.4 Å². The number of unbranched alkanes of at least 4 members (excludes halogenated alkanes) is 1. The molecule has 0 aromatic rings. The van der Waals surface area contributed by atoms with E-state index in [0.717, 1.165) is 6.92 Å². The largest absolute Gasteiger partial charge is 0.550 e. The van der Waals surface area contributed by atoms with Gasteiger partial charge in [0.2, 0.25) is 0 Å². The fraction of sp³-hybridized carbons (Fsp3) is 0.917. The number of rotatable bonds is 6. The van der Waals surface area contributed by atoms with Crippen LogP contribution >= 0.6 is 0 Å². The molecule has 0 aromatic heterocycles. The third-order valence-corrected chi connectivity index (χ3v) is 3.00. The summed E-state index contributed by atoms with van der Waals surface area (Å²) in [4.78, 5) is 8.89. The minimum Gasteiger partial charge on any atom is -0.550 e. The summed E-state index contributed by atoms with van der Waals surface area (Å²) in [5, 5.41) is 8.89. The zero-order valence-corrected chi connectivity index (χ0v) is 11.0. The van der Waals surface area contributed by atoms with Crippen LogP contribution in [0.25, 0.3) is 0 Å². The molecule has 0 aliphatic carbocycles. The lowest BCUT2D eigenvalue weighted by Crippen LogP contribution is -2.48.